The number of amides is 1. The molecule has 4 nitrogen and oxygen atoms in total. The van der Waals surface area contributed by atoms with Gasteiger partial charge in [0.2, 0.25) is 0 Å². The number of ether oxygens (including phenoxy) is 1. The molecule has 0 saturated carbocycles. The van der Waals surface area contributed by atoms with Crippen LogP contribution in [-0.2, 0) is 4.74 Å². The van der Waals surface area contributed by atoms with Gasteiger partial charge in [-0.25, -0.2) is 0 Å². The zero-order valence-electron chi connectivity index (χ0n) is 9.63. The normalized spacial score (nSPS) is 11.4. The van der Waals surface area contributed by atoms with E-state index in [2.05, 4.69) is 10.1 Å². The Hall–Kier alpha value is -1.47. The maximum Gasteiger partial charge on any atom is 0.411 e. The Morgan fingerprint density at radius 1 is 1.42 bits per heavy atom. The minimum Gasteiger partial charge on any atom is -0.507 e. The molecule has 0 fully saturated rings. The van der Waals surface area contributed by atoms with Crippen LogP contribution < -0.4 is 5.32 Å². The Morgan fingerprint density at radius 3 is 2.74 bits per heavy atom. The van der Waals surface area contributed by atoms with Gasteiger partial charge in [-0.15, -0.1) is 0 Å². The van der Waals surface area contributed by atoms with Gasteiger partial charge in [-0.3, -0.25) is 4.79 Å². The van der Waals surface area contributed by atoms with Crippen molar-refractivity contribution in [1.82, 2.24) is 5.32 Å². The van der Waals surface area contributed by atoms with Crippen LogP contribution in [0.2, 0.25) is 5.02 Å². The highest BCUT2D eigenvalue weighted by Gasteiger charge is 2.27. The molecule has 0 aromatic heterocycles. The van der Waals surface area contributed by atoms with Crippen LogP contribution in [0.1, 0.15) is 10.4 Å². The first kappa shape index (κ1) is 15.6. The SMILES string of the molecule is O=C(NCCOCC(F)(F)F)c1cc(Cl)ccc1O. The number of halogens is 4. The third-order valence-corrected chi connectivity index (χ3v) is 2.24. The molecule has 0 spiro atoms. The van der Waals surface area contributed by atoms with Gasteiger partial charge in [0, 0.05) is 11.6 Å². The smallest absolute Gasteiger partial charge is 0.411 e. The van der Waals surface area contributed by atoms with Crippen LogP contribution >= 0.6 is 11.6 Å². The molecule has 0 unspecified atom stereocenters. The van der Waals surface area contributed by atoms with Crippen molar-refractivity contribution in [3.8, 4) is 5.75 Å². The number of rotatable bonds is 5. The zero-order chi connectivity index (χ0) is 14.5. The Bertz CT molecular complexity index is 451. The summed E-state index contributed by atoms with van der Waals surface area (Å²) in [7, 11) is 0. The summed E-state index contributed by atoms with van der Waals surface area (Å²) in [6.07, 6.45) is -4.39. The molecule has 0 aliphatic heterocycles. The van der Waals surface area contributed by atoms with Crippen molar-refractivity contribution >= 4 is 17.5 Å². The van der Waals surface area contributed by atoms with Crippen LogP contribution in [0.3, 0.4) is 0 Å². The summed E-state index contributed by atoms with van der Waals surface area (Å²) in [5.74, 6) is -0.909. The fourth-order valence-corrected chi connectivity index (χ4v) is 1.38. The van der Waals surface area contributed by atoms with Crippen LogP contribution in [0.25, 0.3) is 0 Å². The molecule has 1 aromatic rings. The number of phenols is 1. The first-order valence-corrected chi connectivity index (χ1v) is 5.58. The number of carbonyl (C=O) groups excluding carboxylic acids is 1. The molecule has 0 radical (unpaired) electrons. The number of carbonyl (C=O) groups is 1. The number of phenolic OH excluding ortho intramolecular Hbond substituents is 1. The van der Waals surface area contributed by atoms with E-state index in [-0.39, 0.29) is 29.5 Å². The quantitative estimate of drug-likeness (QED) is 0.820. The summed E-state index contributed by atoms with van der Waals surface area (Å²) in [6.45, 7) is -1.77. The molecule has 1 rings (SSSR count). The molecule has 0 saturated heterocycles. The fourth-order valence-electron chi connectivity index (χ4n) is 1.21. The molecule has 19 heavy (non-hydrogen) atoms. The molecule has 2 N–H and O–H groups in total. The van der Waals surface area contributed by atoms with E-state index < -0.39 is 18.7 Å². The summed E-state index contributed by atoms with van der Waals surface area (Å²) < 4.78 is 39.5. The van der Waals surface area contributed by atoms with E-state index in [1.165, 1.54) is 18.2 Å². The fraction of sp³-hybridized carbons (Fsp3) is 0.364. The summed E-state index contributed by atoms with van der Waals surface area (Å²) >= 11 is 5.65. The van der Waals surface area contributed by atoms with E-state index >= 15 is 0 Å². The van der Waals surface area contributed by atoms with Gasteiger partial charge >= 0.3 is 6.18 Å². The predicted octanol–water partition coefficient (Wildman–Crippen LogP) is 2.35. The summed E-state index contributed by atoms with van der Waals surface area (Å²) in [6, 6.07) is 3.90. The van der Waals surface area contributed by atoms with Crippen LogP contribution in [0, 0.1) is 0 Å². The number of alkyl halides is 3. The van der Waals surface area contributed by atoms with Crippen LogP contribution in [0.4, 0.5) is 13.2 Å². The van der Waals surface area contributed by atoms with Crippen molar-refractivity contribution in [2.24, 2.45) is 0 Å². The van der Waals surface area contributed by atoms with E-state index in [0.717, 1.165) is 0 Å². The van der Waals surface area contributed by atoms with Gasteiger partial charge in [0.05, 0.1) is 12.2 Å². The van der Waals surface area contributed by atoms with Crippen LogP contribution in [0.5, 0.6) is 5.75 Å². The number of nitrogens with one attached hydrogen (secondary N) is 1. The molecule has 0 aliphatic carbocycles. The summed E-state index contributed by atoms with van der Waals surface area (Å²) in [4.78, 5) is 11.6. The molecule has 106 valence electrons. The number of benzene rings is 1. The average Bonchev–Trinajstić information content (AvgIpc) is 2.30. The molecule has 0 aliphatic rings. The highest BCUT2D eigenvalue weighted by Crippen LogP contribution is 2.21. The second-order valence-electron chi connectivity index (χ2n) is 3.59. The molecular formula is C11H11ClF3NO3. The number of hydrogen-bond acceptors (Lipinski definition) is 3. The van der Waals surface area contributed by atoms with Crippen molar-refractivity contribution in [1.29, 1.82) is 0 Å². The third-order valence-electron chi connectivity index (χ3n) is 2.00. The van der Waals surface area contributed by atoms with E-state index in [1.807, 2.05) is 0 Å². The van der Waals surface area contributed by atoms with Crippen LogP contribution in [-0.4, -0.2) is 36.9 Å². The Labute approximate surface area is 112 Å². The Kier molecular flexibility index (Phi) is 5.44. The third kappa shape index (κ3) is 5.80. The van der Waals surface area contributed by atoms with Gasteiger partial charge in [-0.2, -0.15) is 13.2 Å². The summed E-state index contributed by atoms with van der Waals surface area (Å²) in [5.41, 5.74) is -0.0525. The van der Waals surface area contributed by atoms with Gasteiger partial charge in [-0.1, -0.05) is 11.6 Å². The monoisotopic (exact) mass is 297 g/mol. The predicted molar refractivity (Wildman–Crippen MR) is 62.3 cm³/mol. The summed E-state index contributed by atoms with van der Waals surface area (Å²) in [5, 5.41) is 12.0. The molecule has 0 atom stereocenters. The van der Waals surface area contributed by atoms with Gasteiger partial charge in [-0.05, 0) is 18.2 Å². The van der Waals surface area contributed by atoms with E-state index in [4.69, 9.17) is 11.6 Å². The van der Waals surface area contributed by atoms with E-state index in [9.17, 15) is 23.1 Å². The molecule has 1 aromatic carbocycles. The van der Waals surface area contributed by atoms with Gasteiger partial charge in [0.1, 0.15) is 12.4 Å². The minimum absolute atomic E-state index is 0.0525. The van der Waals surface area contributed by atoms with Crippen molar-refractivity contribution < 1.29 is 27.8 Å². The molecular weight excluding hydrogens is 287 g/mol. The van der Waals surface area contributed by atoms with Crippen molar-refractivity contribution in [2.45, 2.75) is 6.18 Å². The van der Waals surface area contributed by atoms with Gasteiger partial charge in [0.15, 0.2) is 0 Å². The number of hydrogen-bond donors (Lipinski definition) is 2. The lowest BCUT2D eigenvalue weighted by molar-refractivity contribution is -0.173. The standard InChI is InChI=1S/C11H11ClF3NO3/c12-7-1-2-9(17)8(5-7)10(18)16-3-4-19-6-11(13,14)15/h1-2,5,17H,3-4,6H2,(H,16,18). The van der Waals surface area contributed by atoms with Gasteiger partial charge in [0.25, 0.3) is 5.91 Å². The second kappa shape index (κ2) is 6.63. The number of aromatic hydroxyl groups is 1. The lowest BCUT2D eigenvalue weighted by Gasteiger charge is -2.09. The molecule has 0 bridgehead atoms. The molecule has 0 heterocycles. The minimum atomic E-state index is -4.39. The first-order valence-electron chi connectivity index (χ1n) is 5.21. The molecule has 8 heteroatoms. The average molecular weight is 298 g/mol. The lowest BCUT2D eigenvalue weighted by atomic mass is 10.2. The highest BCUT2D eigenvalue weighted by atomic mass is 35.5. The van der Waals surface area contributed by atoms with Crippen molar-refractivity contribution in [3.63, 3.8) is 0 Å². The second-order valence-corrected chi connectivity index (χ2v) is 4.02. The largest absolute Gasteiger partial charge is 0.507 e. The highest BCUT2D eigenvalue weighted by molar-refractivity contribution is 6.31. The van der Waals surface area contributed by atoms with Gasteiger partial charge < -0.3 is 15.2 Å². The maximum absolute atomic E-state index is 11.7. The Morgan fingerprint density at radius 2 is 2.11 bits per heavy atom. The van der Waals surface area contributed by atoms with E-state index in [1.54, 1.807) is 0 Å². The van der Waals surface area contributed by atoms with Crippen LogP contribution in [0.15, 0.2) is 18.2 Å². The Balaban J connectivity index is 2.38. The lowest BCUT2D eigenvalue weighted by Crippen LogP contribution is -2.28. The van der Waals surface area contributed by atoms with Crippen molar-refractivity contribution in [2.75, 3.05) is 19.8 Å². The topological polar surface area (TPSA) is 58.6 Å². The first-order chi connectivity index (χ1) is 8.79. The van der Waals surface area contributed by atoms with Crippen molar-refractivity contribution in [3.05, 3.63) is 28.8 Å². The van der Waals surface area contributed by atoms with E-state index in [0.29, 0.717) is 0 Å². The molecule has 1 amide bonds. The zero-order valence-corrected chi connectivity index (χ0v) is 10.4. The maximum atomic E-state index is 11.7.